The molecule has 0 atom stereocenters. The lowest BCUT2D eigenvalue weighted by Gasteiger charge is -2.05. The van der Waals surface area contributed by atoms with Crippen LogP contribution in [-0.4, -0.2) is 0 Å². The molecule has 0 bridgehead atoms. The van der Waals surface area contributed by atoms with Crippen LogP contribution in [0, 0.1) is 0 Å². The van der Waals surface area contributed by atoms with E-state index >= 15 is 0 Å². The maximum Gasteiger partial charge on any atom is -0.0473 e. The average molecular weight is 98.2 g/mol. The first-order chi connectivity index (χ1) is 3.41. The Morgan fingerprint density at radius 1 is 1.14 bits per heavy atom. The number of rotatable bonds is 0. The maximum atomic E-state index is 3.36. The zero-order valence-corrected chi connectivity index (χ0v) is 5.11. The van der Waals surface area contributed by atoms with E-state index in [2.05, 4.69) is 6.58 Å². The molecule has 1 fully saturated rings. The van der Waals surface area contributed by atoms with Crippen molar-refractivity contribution >= 4 is 0 Å². The van der Waals surface area contributed by atoms with Crippen molar-refractivity contribution in [1.82, 2.24) is 0 Å². The van der Waals surface area contributed by atoms with Gasteiger partial charge in [0, 0.05) is 0 Å². The summed E-state index contributed by atoms with van der Waals surface area (Å²) in [5.41, 5.74) is 0. The summed E-state index contributed by atoms with van der Waals surface area (Å²) >= 11 is 0. The zero-order chi connectivity index (χ0) is 5.54. The van der Waals surface area contributed by atoms with Gasteiger partial charge in [-0.15, -0.1) is 6.58 Å². The van der Waals surface area contributed by atoms with Crippen LogP contribution < -0.4 is 0 Å². The molecule has 1 aliphatic carbocycles. The van der Waals surface area contributed by atoms with Gasteiger partial charge >= 0.3 is 0 Å². The van der Waals surface area contributed by atoms with E-state index in [0.717, 1.165) is 0 Å². The molecule has 0 aromatic rings. The number of hydrogen-bond donors (Lipinski definition) is 0. The molecule has 0 spiro atoms. The monoisotopic (exact) mass is 98.1 g/mol. The molecule has 42 valence electrons. The lowest BCUT2D eigenvalue weighted by molar-refractivity contribution is 0.504. The minimum absolute atomic E-state index is 1.50. The fourth-order valence-corrected chi connectivity index (χ4v) is 0.250. The van der Waals surface area contributed by atoms with Crippen molar-refractivity contribution in [2.45, 2.75) is 32.6 Å². The van der Waals surface area contributed by atoms with Gasteiger partial charge in [0.2, 0.25) is 0 Å². The van der Waals surface area contributed by atoms with E-state index in [4.69, 9.17) is 0 Å². The SMILES string of the molecule is C1CCC1.C=CC. The third-order valence-electron chi connectivity index (χ3n) is 1.000. The van der Waals surface area contributed by atoms with E-state index in [0.29, 0.717) is 0 Å². The first kappa shape index (κ1) is 6.74. The molecule has 0 unspecified atom stereocenters. The Kier molecular flexibility index (Phi) is 5.53. The predicted molar refractivity (Wildman–Crippen MR) is 34.3 cm³/mol. The Labute approximate surface area is 46.2 Å². The van der Waals surface area contributed by atoms with Crippen molar-refractivity contribution in [3.05, 3.63) is 12.7 Å². The maximum absolute atomic E-state index is 3.36. The molecule has 1 saturated carbocycles. The second kappa shape index (κ2) is 5.74. The molecular weight excluding hydrogens is 84.1 g/mol. The van der Waals surface area contributed by atoms with Crippen LogP contribution in [0.3, 0.4) is 0 Å². The Morgan fingerprint density at radius 2 is 1.29 bits per heavy atom. The van der Waals surface area contributed by atoms with Crippen LogP contribution in [0.2, 0.25) is 0 Å². The quantitative estimate of drug-likeness (QED) is 0.409. The summed E-state index contributed by atoms with van der Waals surface area (Å²) in [5.74, 6) is 0. The van der Waals surface area contributed by atoms with Crippen molar-refractivity contribution in [2.75, 3.05) is 0 Å². The molecule has 0 nitrogen and oxygen atoms in total. The van der Waals surface area contributed by atoms with Gasteiger partial charge in [-0.05, 0) is 6.92 Å². The second-order valence-corrected chi connectivity index (χ2v) is 1.82. The summed E-state index contributed by atoms with van der Waals surface area (Å²) in [7, 11) is 0. The summed E-state index contributed by atoms with van der Waals surface area (Å²) in [5, 5.41) is 0. The molecule has 0 aromatic heterocycles. The molecule has 0 aliphatic heterocycles. The Hall–Kier alpha value is -0.260. The third kappa shape index (κ3) is 5.74. The van der Waals surface area contributed by atoms with Crippen LogP contribution in [0.25, 0.3) is 0 Å². The van der Waals surface area contributed by atoms with Crippen molar-refractivity contribution in [3.63, 3.8) is 0 Å². The fraction of sp³-hybridized carbons (Fsp3) is 0.714. The number of hydrogen-bond acceptors (Lipinski definition) is 0. The molecule has 1 aliphatic rings. The van der Waals surface area contributed by atoms with Crippen molar-refractivity contribution in [3.8, 4) is 0 Å². The van der Waals surface area contributed by atoms with Crippen LogP contribution in [0.4, 0.5) is 0 Å². The minimum atomic E-state index is 1.50. The highest BCUT2D eigenvalue weighted by molar-refractivity contribution is 4.51. The molecule has 0 saturated heterocycles. The lowest BCUT2D eigenvalue weighted by Crippen LogP contribution is -1.85. The largest absolute Gasteiger partial charge is 0.103 e. The van der Waals surface area contributed by atoms with Gasteiger partial charge in [-0.3, -0.25) is 0 Å². The van der Waals surface area contributed by atoms with Crippen molar-refractivity contribution in [1.29, 1.82) is 0 Å². The van der Waals surface area contributed by atoms with Gasteiger partial charge < -0.3 is 0 Å². The smallest absolute Gasteiger partial charge is 0.0473 e. The molecule has 1 rings (SSSR count). The first-order valence-corrected chi connectivity index (χ1v) is 2.99. The summed E-state index contributed by atoms with van der Waals surface area (Å²) in [6.45, 7) is 5.25. The van der Waals surface area contributed by atoms with Gasteiger partial charge in [0.15, 0.2) is 0 Å². The van der Waals surface area contributed by atoms with E-state index in [1.165, 1.54) is 25.7 Å². The third-order valence-corrected chi connectivity index (χ3v) is 1.000. The molecule has 0 heteroatoms. The summed E-state index contributed by atoms with van der Waals surface area (Å²) in [6, 6.07) is 0. The van der Waals surface area contributed by atoms with Crippen LogP contribution >= 0.6 is 0 Å². The molecule has 0 aromatic carbocycles. The van der Waals surface area contributed by atoms with E-state index in [1.807, 2.05) is 6.92 Å². The fourth-order valence-electron chi connectivity index (χ4n) is 0.250. The Balaban J connectivity index is 0.000000110. The molecular formula is C7H14. The summed E-state index contributed by atoms with van der Waals surface area (Å²) < 4.78 is 0. The van der Waals surface area contributed by atoms with Gasteiger partial charge in [-0.2, -0.15) is 0 Å². The van der Waals surface area contributed by atoms with Crippen LogP contribution in [0.5, 0.6) is 0 Å². The van der Waals surface area contributed by atoms with E-state index in [-0.39, 0.29) is 0 Å². The minimum Gasteiger partial charge on any atom is -0.103 e. The lowest BCUT2D eigenvalue weighted by atomic mass is 10.0. The highest BCUT2D eigenvalue weighted by Crippen LogP contribution is 2.15. The molecule has 0 heterocycles. The standard InChI is InChI=1S/C4H8.C3H6/c1-2-4-3-1;1-3-2/h1-4H2;3H,1H2,2H3. The van der Waals surface area contributed by atoms with Crippen LogP contribution in [-0.2, 0) is 0 Å². The average Bonchev–Trinajstić information content (AvgIpc) is 1.27. The van der Waals surface area contributed by atoms with E-state index < -0.39 is 0 Å². The van der Waals surface area contributed by atoms with Gasteiger partial charge in [0.1, 0.15) is 0 Å². The summed E-state index contributed by atoms with van der Waals surface area (Å²) in [6.07, 6.45) is 7.75. The highest BCUT2D eigenvalue weighted by Gasteiger charge is 1.95. The van der Waals surface area contributed by atoms with Gasteiger partial charge in [-0.25, -0.2) is 0 Å². The van der Waals surface area contributed by atoms with E-state index in [1.54, 1.807) is 6.08 Å². The van der Waals surface area contributed by atoms with Crippen molar-refractivity contribution < 1.29 is 0 Å². The Morgan fingerprint density at radius 3 is 1.29 bits per heavy atom. The van der Waals surface area contributed by atoms with Gasteiger partial charge in [0.25, 0.3) is 0 Å². The van der Waals surface area contributed by atoms with Crippen LogP contribution in [0.1, 0.15) is 32.6 Å². The normalized spacial score (nSPS) is 15.6. The topological polar surface area (TPSA) is 0 Å². The summed E-state index contributed by atoms with van der Waals surface area (Å²) in [4.78, 5) is 0. The first-order valence-electron chi connectivity index (χ1n) is 2.99. The second-order valence-electron chi connectivity index (χ2n) is 1.82. The zero-order valence-electron chi connectivity index (χ0n) is 5.11. The van der Waals surface area contributed by atoms with Gasteiger partial charge in [0.05, 0.1) is 0 Å². The number of allylic oxidation sites excluding steroid dienone is 1. The van der Waals surface area contributed by atoms with Crippen LogP contribution in [0.15, 0.2) is 12.7 Å². The predicted octanol–water partition coefficient (Wildman–Crippen LogP) is 2.75. The Bertz CT molecular complexity index is 29.3. The van der Waals surface area contributed by atoms with E-state index in [9.17, 15) is 0 Å². The van der Waals surface area contributed by atoms with Gasteiger partial charge in [-0.1, -0.05) is 31.8 Å². The highest BCUT2D eigenvalue weighted by atomic mass is 14.0. The van der Waals surface area contributed by atoms with Crippen molar-refractivity contribution in [2.24, 2.45) is 0 Å². The molecule has 0 N–H and O–H groups in total. The molecule has 0 radical (unpaired) electrons. The molecule has 0 amide bonds. The molecule has 7 heavy (non-hydrogen) atoms.